The number of fused-ring (bicyclic) bond motifs is 1. The van der Waals surface area contributed by atoms with Gasteiger partial charge in [0.2, 0.25) is 0 Å². The molecular formula is C25H28N2O3S. The minimum Gasteiger partial charge on any atom is -0.493 e. The van der Waals surface area contributed by atoms with Crippen molar-refractivity contribution in [2.45, 2.75) is 19.0 Å². The number of amides is 1. The molecule has 31 heavy (non-hydrogen) atoms. The Hall–Kier alpha value is -2.83. The molecule has 1 aliphatic heterocycles. The Morgan fingerprint density at radius 3 is 2.42 bits per heavy atom. The van der Waals surface area contributed by atoms with Gasteiger partial charge in [-0.05, 0) is 72.9 Å². The van der Waals surface area contributed by atoms with Crippen molar-refractivity contribution in [3.05, 3.63) is 81.0 Å². The van der Waals surface area contributed by atoms with Crippen molar-refractivity contribution in [2.75, 3.05) is 34.9 Å². The SMILES string of the molecule is COc1cc2c(cc1OC)C(c1cccs1)N(C(=O)c1ccc(CN(C)C)cc1)CC2. The number of carbonyl (C=O) groups is 1. The second-order valence-corrected chi connectivity index (χ2v) is 8.99. The van der Waals surface area contributed by atoms with Gasteiger partial charge in [0.1, 0.15) is 0 Å². The quantitative estimate of drug-likeness (QED) is 0.566. The Morgan fingerprint density at radius 2 is 1.81 bits per heavy atom. The average Bonchev–Trinajstić information content (AvgIpc) is 3.31. The molecule has 0 fully saturated rings. The molecule has 3 aromatic rings. The van der Waals surface area contributed by atoms with E-state index >= 15 is 0 Å². The first-order valence-corrected chi connectivity index (χ1v) is 11.2. The van der Waals surface area contributed by atoms with E-state index in [0.717, 1.165) is 29.2 Å². The fraction of sp³-hybridized carbons (Fsp3) is 0.320. The van der Waals surface area contributed by atoms with Crippen LogP contribution in [-0.4, -0.2) is 50.6 Å². The second kappa shape index (κ2) is 9.12. The van der Waals surface area contributed by atoms with E-state index in [-0.39, 0.29) is 11.9 Å². The van der Waals surface area contributed by atoms with Gasteiger partial charge in [-0.3, -0.25) is 4.79 Å². The van der Waals surface area contributed by atoms with E-state index < -0.39 is 0 Å². The van der Waals surface area contributed by atoms with Gasteiger partial charge in [0.15, 0.2) is 11.5 Å². The molecule has 2 aromatic carbocycles. The number of hydrogen-bond donors (Lipinski definition) is 0. The van der Waals surface area contributed by atoms with Gasteiger partial charge >= 0.3 is 0 Å². The van der Waals surface area contributed by atoms with Crippen LogP contribution in [-0.2, 0) is 13.0 Å². The first-order valence-electron chi connectivity index (χ1n) is 10.3. The lowest BCUT2D eigenvalue weighted by molar-refractivity contribution is 0.0697. The Bertz CT molecular complexity index is 1050. The molecule has 5 nitrogen and oxygen atoms in total. The molecular weight excluding hydrogens is 408 g/mol. The monoisotopic (exact) mass is 436 g/mol. The van der Waals surface area contributed by atoms with E-state index in [4.69, 9.17) is 9.47 Å². The maximum Gasteiger partial charge on any atom is 0.254 e. The van der Waals surface area contributed by atoms with Gasteiger partial charge in [-0.15, -0.1) is 11.3 Å². The molecule has 4 rings (SSSR count). The predicted molar refractivity (Wildman–Crippen MR) is 124 cm³/mol. The number of thiophene rings is 1. The summed E-state index contributed by atoms with van der Waals surface area (Å²) in [5.74, 6) is 1.46. The van der Waals surface area contributed by atoms with Gasteiger partial charge in [0.25, 0.3) is 5.91 Å². The number of ether oxygens (including phenoxy) is 2. The molecule has 0 N–H and O–H groups in total. The number of rotatable bonds is 6. The third-order valence-corrected chi connectivity index (χ3v) is 6.57. The van der Waals surface area contributed by atoms with Crippen LogP contribution >= 0.6 is 11.3 Å². The lowest BCUT2D eigenvalue weighted by Gasteiger charge is -2.37. The largest absolute Gasteiger partial charge is 0.493 e. The van der Waals surface area contributed by atoms with Crippen LogP contribution in [0.4, 0.5) is 0 Å². The minimum absolute atomic E-state index is 0.0511. The van der Waals surface area contributed by atoms with E-state index in [9.17, 15) is 4.79 Å². The summed E-state index contributed by atoms with van der Waals surface area (Å²) < 4.78 is 11.1. The Morgan fingerprint density at radius 1 is 1.10 bits per heavy atom. The third-order valence-electron chi connectivity index (χ3n) is 5.65. The Balaban J connectivity index is 1.72. The smallest absolute Gasteiger partial charge is 0.254 e. The summed E-state index contributed by atoms with van der Waals surface area (Å²) in [6, 6.07) is 16.0. The number of methoxy groups -OCH3 is 2. The molecule has 0 bridgehead atoms. The van der Waals surface area contributed by atoms with Gasteiger partial charge in [-0.2, -0.15) is 0 Å². The van der Waals surface area contributed by atoms with Crippen molar-refractivity contribution in [1.29, 1.82) is 0 Å². The molecule has 1 aromatic heterocycles. The normalized spacial score (nSPS) is 15.6. The summed E-state index contributed by atoms with van der Waals surface area (Å²) in [5.41, 5.74) is 4.20. The summed E-state index contributed by atoms with van der Waals surface area (Å²) in [5, 5.41) is 2.06. The van der Waals surface area contributed by atoms with Crippen molar-refractivity contribution >= 4 is 17.2 Å². The van der Waals surface area contributed by atoms with Crippen LogP contribution < -0.4 is 9.47 Å². The van der Waals surface area contributed by atoms with Crippen LogP contribution in [0.3, 0.4) is 0 Å². The standard InChI is InChI=1S/C25H28N2O3S/c1-26(2)16-17-7-9-18(10-8-17)25(28)27-12-11-19-14-21(29-3)22(30-4)15-20(19)24(27)23-6-5-13-31-23/h5-10,13-15,24H,11-12,16H2,1-4H3. The minimum atomic E-state index is -0.141. The number of benzene rings is 2. The summed E-state index contributed by atoms with van der Waals surface area (Å²) in [4.78, 5) is 18.8. The van der Waals surface area contributed by atoms with Crippen molar-refractivity contribution in [3.63, 3.8) is 0 Å². The first-order chi connectivity index (χ1) is 15.0. The zero-order valence-corrected chi connectivity index (χ0v) is 19.2. The third kappa shape index (κ3) is 4.31. The second-order valence-electron chi connectivity index (χ2n) is 8.01. The number of carbonyl (C=O) groups excluding carboxylic acids is 1. The van der Waals surface area contributed by atoms with Crippen LogP contribution in [0.25, 0.3) is 0 Å². The van der Waals surface area contributed by atoms with E-state index in [1.54, 1.807) is 25.6 Å². The predicted octanol–water partition coefficient (Wildman–Crippen LogP) is 4.61. The van der Waals surface area contributed by atoms with Crippen LogP contribution in [0.2, 0.25) is 0 Å². The van der Waals surface area contributed by atoms with Crippen molar-refractivity contribution in [2.24, 2.45) is 0 Å². The molecule has 1 amide bonds. The molecule has 1 aliphatic rings. The zero-order chi connectivity index (χ0) is 22.0. The van der Waals surface area contributed by atoms with Crippen LogP contribution in [0.1, 0.15) is 38.0 Å². The summed E-state index contributed by atoms with van der Waals surface area (Å²) in [7, 11) is 7.38. The molecule has 0 saturated heterocycles. The van der Waals surface area contributed by atoms with Gasteiger partial charge in [-0.25, -0.2) is 0 Å². The van der Waals surface area contributed by atoms with Gasteiger partial charge in [0, 0.05) is 23.5 Å². The highest BCUT2D eigenvalue weighted by Crippen LogP contribution is 2.42. The topological polar surface area (TPSA) is 42.0 Å². The lowest BCUT2D eigenvalue weighted by atomic mass is 9.90. The fourth-order valence-electron chi connectivity index (χ4n) is 4.20. The maximum atomic E-state index is 13.6. The van der Waals surface area contributed by atoms with E-state index in [0.29, 0.717) is 17.9 Å². The highest BCUT2D eigenvalue weighted by atomic mass is 32.1. The maximum absolute atomic E-state index is 13.6. The van der Waals surface area contributed by atoms with Crippen molar-refractivity contribution in [3.8, 4) is 11.5 Å². The molecule has 2 heterocycles. The van der Waals surface area contributed by atoms with E-state index in [1.165, 1.54) is 11.1 Å². The molecule has 0 saturated carbocycles. The first kappa shape index (κ1) is 21.4. The molecule has 0 radical (unpaired) electrons. The average molecular weight is 437 g/mol. The number of hydrogen-bond acceptors (Lipinski definition) is 5. The lowest BCUT2D eigenvalue weighted by Crippen LogP contribution is -2.40. The highest BCUT2D eigenvalue weighted by molar-refractivity contribution is 7.10. The van der Waals surface area contributed by atoms with Gasteiger partial charge in [0.05, 0.1) is 20.3 Å². The molecule has 6 heteroatoms. The van der Waals surface area contributed by atoms with Crippen LogP contribution in [0.5, 0.6) is 11.5 Å². The van der Waals surface area contributed by atoms with Gasteiger partial charge in [-0.1, -0.05) is 18.2 Å². The van der Waals surface area contributed by atoms with E-state index in [2.05, 4.69) is 16.3 Å². The van der Waals surface area contributed by atoms with Crippen LogP contribution in [0, 0.1) is 0 Å². The molecule has 0 aliphatic carbocycles. The summed E-state index contributed by atoms with van der Waals surface area (Å²) in [6.45, 7) is 1.51. The van der Waals surface area contributed by atoms with Crippen LogP contribution in [0.15, 0.2) is 53.9 Å². The zero-order valence-electron chi connectivity index (χ0n) is 18.4. The Kier molecular flexibility index (Phi) is 6.30. The molecule has 1 unspecified atom stereocenters. The molecule has 0 spiro atoms. The van der Waals surface area contributed by atoms with Gasteiger partial charge < -0.3 is 19.3 Å². The van der Waals surface area contributed by atoms with E-state index in [1.807, 2.05) is 61.5 Å². The molecule has 1 atom stereocenters. The summed E-state index contributed by atoms with van der Waals surface area (Å²) >= 11 is 1.67. The Labute approximate surface area is 187 Å². The highest BCUT2D eigenvalue weighted by Gasteiger charge is 2.34. The fourth-order valence-corrected chi connectivity index (χ4v) is 5.06. The van der Waals surface area contributed by atoms with Crippen molar-refractivity contribution in [1.82, 2.24) is 9.80 Å². The summed E-state index contributed by atoms with van der Waals surface area (Å²) in [6.07, 6.45) is 0.780. The number of nitrogens with zero attached hydrogens (tertiary/aromatic N) is 2. The van der Waals surface area contributed by atoms with Crippen molar-refractivity contribution < 1.29 is 14.3 Å². The molecule has 162 valence electrons.